The molecule has 0 aliphatic rings. The maximum atomic E-state index is 13.1. The van der Waals surface area contributed by atoms with E-state index in [9.17, 15) is 9.65 Å². The van der Waals surface area contributed by atoms with Crippen LogP contribution in [0.3, 0.4) is 0 Å². The van der Waals surface area contributed by atoms with Crippen LogP contribution in [0, 0.1) is 31.0 Å². The normalized spacial score (nSPS) is 11.7. The first-order valence-corrected chi connectivity index (χ1v) is 6.09. The van der Waals surface area contributed by atoms with Crippen LogP contribution in [0.4, 0.5) is 10.1 Å². The topological polar surface area (TPSA) is 35.8 Å². The first kappa shape index (κ1) is 13.1. The number of halogens is 1. The lowest BCUT2D eigenvalue weighted by Gasteiger charge is -2.16. The van der Waals surface area contributed by atoms with Crippen molar-refractivity contribution in [3.63, 3.8) is 0 Å². The number of aryl methyl sites for hydroxylation is 2. The molecule has 0 aliphatic heterocycles. The van der Waals surface area contributed by atoms with Crippen molar-refractivity contribution in [3.05, 3.63) is 65.0 Å². The minimum Gasteiger partial charge on any atom is -0.366 e. The largest absolute Gasteiger partial charge is 0.366 e. The Morgan fingerprint density at radius 3 is 2.58 bits per heavy atom. The van der Waals surface area contributed by atoms with Crippen molar-refractivity contribution in [2.75, 3.05) is 5.32 Å². The molecule has 0 saturated heterocycles. The van der Waals surface area contributed by atoms with Crippen LogP contribution >= 0.6 is 0 Å². The van der Waals surface area contributed by atoms with Crippen molar-refractivity contribution in [2.24, 2.45) is 0 Å². The predicted octanol–water partition coefficient (Wildman–Crippen LogP) is 4.12. The number of hydrogen-bond donors (Lipinski definition) is 1. The Morgan fingerprint density at radius 2 is 1.95 bits per heavy atom. The third-order valence-electron chi connectivity index (χ3n) is 3.00. The smallest absolute Gasteiger partial charge is 0.140 e. The van der Waals surface area contributed by atoms with E-state index in [-0.39, 0.29) is 5.82 Å². The van der Waals surface area contributed by atoms with Crippen LogP contribution in [-0.2, 0) is 0 Å². The third-order valence-corrected chi connectivity index (χ3v) is 3.00. The first-order valence-electron chi connectivity index (χ1n) is 6.09. The second-order valence-corrected chi connectivity index (χ2v) is 4.58. The molecule has 1 atom stereocenters. The molecule has 2 rings (SSSR count). The molecule has 2 aromatic rings. The second kappa shape index (κ2) is 5.53. The summed E-state index contributed by atoms with van der Waals surface area (Å²) in [7, 11) is 0. The number of hydrogen-bond acceptors (Lipinski definition) is 2. The van der Waals surface area contributed by atoms with E-state index in [1.165, 1.54) is 12.1 Å². The highest BCUT2D eigenvalue weighted by Crippen LogP contribution is 2.23. The average Bonchev–Trinajstić information content (AvgIpc) is 2.37. The number of nitrogens with one attached hydrogen (secondary N) is 1. The zero-order valence-electron chi connectivity index (χ0n) is 10.9. The summed E-state index contributed by atoms with van der Waals surface area (Å²) in [6.07, 6.45) is 0. The van der Waals surface area contributed by atoms with Crippen molar-refractivity contribution < 1.29 is 4.39 Å². The summed E-state index contributed by atoms with van der Waals surface area (Å²) in [6, 6.07) is 14.0. The molecule has 0 spiro atoms. The molecule has 2 nitrogen and oxygen atoms in total. The molecular weight excluding hydrogens is 239 g/mol. The second-order valence-electron chi connectivity index (χ2n) is 4.58. The summed E-state index contributed by atoms with van der Waals surface area (Å²) in [5, 5.41) is 12.5. The molecule has 3 heteroatoms. The molecule has 1 N–H and O–H groups in total. The number of nitrogens with zero attached hydrogens (tertiary/aromatic N) is 1. The molecule has 0 amide bonds. The van der Waals surface area contributed by atoms with Gasteiger partial charge in [0.25, 0.3) is 0 Å². The quantitative estimate of drug-likeness (QED) is 0.894. The molecule has 0 fully saturated rings. The standard InChI is InChI=1S/C16H15FN2/c1-11-4-3-5-14(8-11)19-16(10-18)15-7-6-13(17)9-12(15)2/h3-9,16,19H,1-2H3. The van der Waals surface area contributed by atoms with Gasteiger partial charge in [0.1, 0.15) is 11.9 Å². The van der Waals surface area contributed by atoms with Crippen LogP contribution < -0.4 is 5.32 Å². The van der Waals surface area contributed by atoms with Gasteiger partial charge in [-0.15, -0.1) is 0 Å². The van der Waals surface area contributed by atoms with Crippen molar-refractivity contribution in [3.8, 4) is 6.07 Å². The van der Waals surface area contributed by atoms with Crippen LogP contribution in [0.2, 0.25) is 0 Å². The molecule has 19 heavy (non-hydrogen) atoms. The van der Waals surface area contributed by atoms with E-state index >= 15 is 0 Å². The molecule has 0 radical (unpaired) electrons. The van der Waals surface area contributed by atoms with Crippen molar-refractivity contribution in [1.82, 2.24) is 0 Å². The highest BCUT2D eigenvalue weighted by molar-refractivity contribution is 5.50. The zero-order valence-corrected chi connectivity index (χ0v) is 10.9. The summed E-state index contributed by atoms with van der Waals surface area (Å²) in [4.78, 5) is 0. The highest BCUT2D eigenvalue weighted by Gasteiger charge is 2.13. The molecule has 0 bridgehead atoms. The molecule has 0 saturated carbocycles. The van der Waals surface area contributed by atoms with Crippen LogP contribution in [0.1, 0.15) is 22.7 Å². The minimum atomic E-state index is -0.484. The van der Waals surface area contributed by atoms with Crippen molar-refractivity contribution in [1.29, 1.82) is 5.26 Å². The molecule has 0 heterocycles. The van der Waals surface area contributed by atoms with E-state index in [0.717, 1.165) is 22.4 Å². The third kappa shape index (κ3) is 3.11. The van der Waals surface area contributed by atoms with E-state index in [1.54, 1.807) is 13.0 Å². The summed E-state index contributed by atoms with van der Waals surface area (Å²) in [6.45, 7) is 3.80. The Labute approximate surface area is 112 Å². The van der Waals surface area contributed by atoms with E-state index < -0.39 is 6.04 Å². The van der Waals surface area contributed by atoms with Crippen LogP contribution in [-0.4, -0.2) is 0 Å². The molecule has 1 unspecified atom stereocenters. The number of rotatable bonds is 3. The van der Waals surface area contributed by atoms with Gasteiger partial charge in [0.2, 0.25) is 0 Å². The number of nitriles is 1. The molecule has 2 aromatic carbocycles. The van der Waals surface area contributed by atoms with Crippen LogP contribution in [0.15, 0.2) is 42.5 Å². The van der Waals surface area contributed by atoms with Gasteiger partial charge in [0, 0.05) is 5.69 Å². The highest BCUT2D eigenvalue weighted by atomic mass is 19.1. The van der Waals surface area contributed by atoms with Gasteiger partial charge in [-0.05, 0) is 54.8 Å². The van der Waals surface area contributed by atoms with Gasteiger partial charge in [-0.1, -0.05) is 18.2 Å². The number of benzene rings is 2. The first-order chi connectivity index (χ1) is 9.10. The fourth-order valence-electron chi connectivity index (χ4n) is 2.04. The Balaban J connectivity index is 2.28. The van der Waals surface area contributed by atoms with E-state index in [0.29, 0.717) is 0 Å². The van der Waals surface area contributed by atoms with Gasteiger partial charge in [-0.3, -0.25) is 0 Å². The van der Waals surface area contributed by atoms with Crippen molar-refractivity contribution >= 4 is 5.69 Å². The van der Waals surface area contributed by atoms with Crippen LogP contribution in [0.5, 0.6) is 0 Å². The minimum absolute atomic E-state index is 0.284. The lowest BCUT2D eigenvalue weighted by atomic mass is 10.0. The van der Waals surface area contributed by atoms with Crippen LogP contribution in [0.25, 0.3) is 0 Å². The van der Waals surface area contributed by atoms with Crippen molar-refractivity contribution in [2.45, 2.75) is 19.9 Å². The molecular formula is C16H15FN2. The molecule has 96 valence electrons. The van der Waals surface area contributed by atoms with Gasteiger partial charge in [0.05, 0.1) is 6.07 Å². The predicted molar refractivity (Wildman–Crippen MR) is 74.3 cm³/mol. The summed E-state index contributed by atoms with van der Waals surface area (Å²) in [5.74, 6) is -0.284. The maximum absolute atomic E-state index is 13.1. The monoisotopic (exact) mass is 254 g/mol. The lowest BCUT2D eigenvalue weighted by molar-refractivity contribution is 0.625. The fraction of sp³-hybridized carbons (Fsp3) is 0.188. The summed E-state index contributed by atoms with van der Waals surface area (Å²) in [5.41, 5.74) is 3.57. The molecule has 0 aliphatic carbocycles. The Kier molecular flexibility index (Phi) is 3.82. The summed E-state index contributed by atoms with van der Waals surface area (Å²) >= 11 is 0. The number of anilines is 1. The maximum Gasteiger partial charge on any atom is 0.140 e. The molecule has 0 aromatic heterocycles. The van der Waals surface area contributed by atoms with Gasteiger partial charge in [-0.25, -0.2) is 4.39 Å². The van der Waals surface area contributed by atoms with E-state index in [2.05, 4.69) is 11.4 Å². The van der Waals surface area contributed by atoms with Gasteiger partial charge in [0.15, 0.2) is 0 Å². The lowest BCUT2D eigenvalue weighted by Crippen LogP contribution is -2.10. The fourth-order valence-corrected chi connectivity index (χ4v) is 2.04. The zero-order chi connectivity index (χ0) is 13.8. The van der Waals surface area contributed by atoms with Gasteiger partial charge < -0.3 is 5.32 Å². The van der Waals surface area contributed by atoms with Gasteiger partial charge in [-0.2, -0.15) is 5.26 Å². The van der Waals surface area contributed by atoms with E-state index in [4.69, 9.17) is 0 Å². The Morgan fingerprint density at radius 1 is 1.16 bits per heavy atom. The Bertz CT molecular complexity index is 629. The van der Waals surface area contributed by atoms with Gasteiger partial charge >= 0.3 is 0 Å². The SMILES string of the molecule is Cc1cccc(NC(C#N)c2ccc(F)cc2C)c1. The summed E-state index contributed by atoms with van der Waals surface area (Å²) < 4.78 is 13.1. The average molecular weight is 254 g/mol. The van der Waals surface area contributed by atoms with E-state index in [1.807, 2.05) is 31.2 Å². The Hall–Kier alpha value is -2.34.